The average molecular weight is 392 g/mol. The highest BCUT2D eigenvalue weighted by atomic mass is 19.4. The summed E-state index contributed by atoms with van der Waals surface area (Å²) < 4.78 is 41.4. The van der Waals surface area contributed by atoms with Crippen LogP contribution >= 0.6 is 0 Å². The molecule has 148 valence electrons. The number of hydrogen-bond acceptors (Lipinski definition) is 3. The van der Waals surface area contributed by atoms with E-state index in [1.54, 1.807) is 4.90 Å². The van der Waals surface area contributed by atoms with E-state index in [1.807, 2.05) is 30.3 Å². The number of carbonyl (C=O) groups is 2. The molecule has 0 bridgehead atoms. The third kappa shape index (κ3) is 5.25. The van der Waals surface area contributed by atoms with Crippen LogP contribution in [0.2, 0.25) is 0 Å². The predicted molar refractivity (Wildman–Crippen MR) is 96.6 cm³/mol. The van der Waals surface area contributed by atoms with Crippen molar-refractivity contribution < 1.29 is 27.5 Å². The van der Waals surface area contributed by atoms with Gasteiger partial charge in [0.2, 0.25) is 11.8 Å². The summed E-state index contributed by atoms with van der Waals surface area (Å²) in [6.07, 6.45) is -4.16. The summed E-state index contributed by atoms with van der Waals surface area (Å²) in [7, 11) is 0. The fraction of sp³-hybridized carbons (Fsp3) is 0.300. The van der Waals surface area contributed by atoms with Gasteiger partial charge in [0, 0.05) is 19.5 Å². The molecule has 1 fully saturated rings. The molecule has 0 radical (unpaired) electrons. The van der Waals surface area contributed by atoms with Crippen molar-refractivity contribution in [3.8, 4) is 5.75 Å². The van der Waals surface area contributed by atoms with Gasteiger partial charge in [-0.3, -0.25) is 9.59 Å². The van der Waals surface area contributed by atoms with E-state index >= 15 is 0 Å². The number of carbonyl (C=O) groups excluding carboxylic acids is 2. The Kier molecular flexibility index (Phi) is 5.87. The number of alkyl halides is 3. The van der Waals surface area contributed by atoms with Crippen LogP contribution in [-0.2, 0) is 16.0 Å². The number of nitrogens with one attached hydrogen (secondary N) is 1. The van der Waals surface area contributed by atoms with Crippen molar-refractivity contribution in [1.82, 2.24) is 4.90 Å². The van der Waals surface area contributed by atoms with Crippen LogP contribution in [0.1, 0.15) is 12.0 Å². The average Bonchev–Trinajstić information content (AvgIpc) is 3.02. The molecule has 28 heavy (non-hydrogen) atoms. The van der Waals surface area contributed by atoms with E-state index in [-0.39, 0.29) is 24.6 Å². The number of rotatable bonds is 6. The fourth-order valence-electron chi connectivity index (χ4n) is 3.09. The van der Waals surface area contributed by atoms with Crippen molar-refractivity contribution in [2.24, 2.45) is 5.92 Å². The van der Waals surface area contributed by atoms with E-state index in [9.17, 15) is 22.8 Å². The molecule has 0 saturated carbocycles. The molecule has 1 saturated heterocycles. The Hall–Kier alpha value is -3.03. The van der Waals surface area contributed by atoms with Crippen molar-refractivity contribution in [3.63, 3.8) is 0 Å². The van der Waals surface area contributed by atoms with Gasteiger partial charge in [-0.25, -0.2) is 0 Å². The lowest BCUT2D eigenvalue weighted by atomic mass is 10.1. The predicted octanol–water partition coefficient (Wildman–Crippen LogP) is 3.61. The molecule has 2 aromatic rings. The molecule has 1 heterocycles. The molecule has 0 spiro atoms. The zero-order chi connectivity index (χ0) is 20.1. The molecule has 1 atom stereocenters. The minimum Gasteiger partial charge on any atom is -0.404 e. The van der Waals surface area contributed by atoms with Crippen LogP contribution in [0, 0.1) is 5.92 Å². The highest BCUT2D eigenvalue weighted by Gasteiger charge is 2.35. The Morgan fingerprint density at radius 1 is 1.11 bits per heavy atom. The summed E-state index contributed by atoms with van der Waals surface area (Å²) >= 11 is 0. The minimum atomic E-state index is -4.86. The first-order valence-electron chi connectivity index (χ1n) is 8.79. The van der Waals surface area contributed by atoms with Crippen LogP contribution in [0.25, 0.3) is 0 Å². The summed E-state index contributed by atoms with van der Waals surface area (Å²) in [6, 6.07) is 15.0. The molecule has 0 aliphatic carbocycles. The van der Waals surface area contributed by atoms with Gasteiger partial charge in [-0.2, -0.15) is 0 Å². The van der Waals surface area contributed by atoms with E-state index in [0.717, 1.165) is 11.6 Å². The van der Waals surface area contributed by atoms with Gasteiger partial charge in [0.15, 0.2) is 5.75 Å². The van der Waals surface area contributed by atoms with E-state index in [1.165, 1.54) is 18.2 Å². The molecule has 2 aromatic carbocycles. The number of hydrogen-bond donors (Lipinski definition) is 1. The molecule has 1 aliphatic rings. The van der Waals surface area contributed by atoms with Crippen molar-refractivity contribution in [3.05, 3.63) is 60.2 Å². The molecule has 1 aliphatic heterocycles. The van der Waals surface area contributed by atoms with E-state index < -0.39 is 23.9 Å². The van der Waals surface area contributed by atoms with Crippen LogP contribution in [0.15, 0.2) is 54.6 Å². The minimum absolute atomic E-state index is 0.0307. The Bertz CT molecular complexity index is 840. The summed E-state index contributed by atoms with van der Waals surface area (Å²) in [5.41, 5.74) is 1.00. The Labute approximate surface area is 160 Å². The number of benzene rings is 2. The molecule has 1 unspecified atom stereocenters. The summed E-state index contributed by atoms with van der Waals surface area (Å²) in [5, 5.41) is 2.45. The first kappa shape index (κ1) is 19.7. The molecule has 1 N–H and O–H groups in total. The SMILES string of the molecule is O=C(Nc1ccccc1OC(F)(F)F)C1CC(=O)N(CCc2ccccc2)C1. The van der Waals surface area contributed by atoms with Crippen LogP contribution in [0.5, 0.6) is 5.75 Å². The molecule has 5 nitrogen and oxygen atoms in total. The number of nitrogens with zero attached hydrogens (tertiary/aromatic N) is 1. The monoisotopic (exact) mass is 392 g/mol. The van der Waals surface area contributed by atoms with Crippen molar-refractivity contribution in [2.45, 2.75) is 19.2 Å². The van der Waals surface area contributed by atoms with Gasteiger partial charge in [-0.15, -0.1) is 13.2 Å². The zero-order valence-corrected chi connectivity index (χ0v) is 14.9. The maximum absolute atomic E-state index is 12.5. The van der Waals surface area contributed by atoms with Crippen LogP contribution in [0.4, 0.5) is 18.9 Å². The van der Waals surface area contributed by atoms with Crippen LogP contribution in [0.3, 0.4) is 0 Å². The maximum atomic E-state index is 12.5. The Morgan fingerprint density at radius 3 is 2.50 bits per heavy atom. The molecule has 3 rings (SSSR count). The lowest BCUT2D eigenvalue weighted by Crippen LogP contribution is -2.30. The van der Waals surface area contributed by atoms with Gasteiger partial charge >= 0.3 is 6.36 Å². The second-order valence-corrected chi connectivity index (χ2v) is 6.51. The van der Waals surface area contributed by atoms with Crippen molar-refractivity contribution >= 4 is 17.5 Å². The lowest BCUT2D eigenvalue weighted by molar-refractivity contribution is -0.274. The van der Waals surface area contributed by atoms with Gasteiger partial charge in [0.1, 0.15) is 0 Å². The number of likely N-dealkylation sites (tertiary alicyclic amines) is 1. The second-order valence-electron chi connectivity index (χ2n) is 6.51. The highest BCUT2D eigenvalue weighted by Crippen LogP contribution is 2.31. The van der Waals surface area contributed by atoms with E-state index in [0.29, 0.717) is 13.0 Å². The normalized spacial score (nSPS) is 16.9. The second kappa shape index (κ2) is 8.33. The molecular weight excluding hydrogens is 373 g/mol. The van der Waals surface area contributed by atoms with Crippen LogP contribution in [-0.4, -0.2) is 36.2 Å². The quantitative estimate of drug-likeness (QED) is 0.817. The summed E-state index contributed by atoms with van der Waals surface area (Å²) in [4.78, 5) is 26.3. The van der Waals surface area contributed by atoms with E-state index in [2.05, 4.69) is 10.1 Å². The molecule has 2 amide bonds. The third-order valence-electron chi connectivity index (χ3n) is 4.47. The Morgan fingerprint density at radius 2 is 1.79 bits per heavy atom. The zero-order valence-electron chi connectivity index (χ0n) is 14.9. The number of para-hydroxylation sites is 2. The van der Waals surface area contributed by atoms with Gasteiger partial charge in [0.05, 0.1) is 11.6 Å². The number of halogens is 3. The number of anilines is 1. The summed E-state index contributed by atoms with van der Waals surface area (Å²) in [5.74, 6) is -1.76. The molecular formula is C20H19F3N2O3. The first-order chi connectivity index (χ1) is 13.3. The lowest BCUT2D eigenvalue weighted by Gasteiger charge is -2.17. The van der Waals surface area contributed by atoms with Gasteiger partial charge in [-0.05, 0) is 24.1 Å². The van der Waals surface area contributed by atoms with Gasteiger partial charge < -0.3 is 15.0 Å². The number of amides is 2. The van der Waals surface area contributed by atoms with Crippen LogP contribution < -0.4 is 10.1 Å². The van der Waals surface area contributed by atoms with Gasteiger partial charge in [0.25, 0.3) is 0 Å². The maximum Gasteiger partial charge on any atom is 0.573 e. The van der Waals surface area contributed by atoms with Gasteiger partial charge in [-0.1, -0.05) is 42.5 Å². The third-order valence-corrected chi connectivity index (χ3v) is 4.47. The topological polar surface area (TPSA) is 58.6 Å². The standard InChI is InChI=1S/C20H19F3N2O3/c21-20(22,23)28-17-9-5-4-8-16(17)24-19(27)15-12-18(26)25(13-15)11-10-14-6-2-1-3-7-14/h1-9,15H,10-13H2,(H,24,27). The van der Waals surface area contributed by atoms with Crippen molar-refractivity contribution in [2.75, 3.05) is 18.4 Å². The van der Waals surface area contributed by atoms with Crippen molar-refractivity contribution in [1.29, 1.82) is 0 Å². The highest BCUT2D eigenvalue weighted by molar-refractivity contribution is 5.98. The van der Waals surface area contributed by atoms with E-state index in [4.69, 9.17) is 0 Å². The first-order valence-corrected chi connectivity index (χ1v) is 8.79. The molecule has 0 aromatic heterocycles. The Balaban J connectivity index is 1.59. The molecule has 8 heteroatoms. The smallest absolute Gasteiger partial charge is 0.404 e. The summed E-state index contributed by atoms with van der Waals surface area (Å²) in [6.45, 7) is 0.722. The number of ether oxygens (including phenoxy) is 1. The fourth-order valence-corrected chi connectivity index (χ4v) is 3.09. The largest absolute Gasteiger partial charge is 0.573 e.